The molecule has 0 saturated carbocycles. The Kier molecular flexibility index (Phi) is 491. The zero-order valence-corrected chi connectivity index (χ0v) is 16.1. The molecular weight excluding hydrogens is 814 g/mol. The first-order valence-corrected chi connectivity index (χ1v) is 0. The Morgan fingerprint density at radius 2 is 0.250 bits per heavy atom. The van der Waals surface area contributed by atoms with Crippen molar-refractivity contribution in [1.29, 1.82) is 0 Å². The van der Waals surface area contributed by atoms with Gasteiger partial charge in [-0.25, -0.2) is 0 Å². The molecule has 66 valence electrons. The van der Waals surface area contributed by atoms with E-state index in [0.717, 1.165) is 0 Å². The molecule has 0 nitrogen and oxygen atoms in total. The Balaban J connectivity index is 0. The summed E-state index contributed by atoms with van der Waals surface area (Å²) < 4.78 is 0. The van der Waals surface area contributed by atoms with Crippen LogP contribution in [-0.4, -0.2) is 0 Å². The average molecular weight is 814 g/mol. The maximum Gasteiger partial charge on any atom is 3.00 e. The number of hydrogen-bond acceptors (Lipinski definition) is 0. The van der Waals surface area contributed by atoms with Gasteiger partial charge in [-0.1, -0.05) is 0 Å². The van der Waals surface area contributed by atoms with Crippen LogP contribution in [0.2, 0.25) is 0 Å². The molecule has 0 unspecified atom stereocenters. The summed E-state index contributed by atoms with van der Waals surface area (Å²) in [6, 6.07) is 0. The Morgan fingerprint density at radius 1 is 0.250 bits per heavy atom. The van der Waals surface area contributed by atoms with Crippen molar-refractivity contribution in [3.63, 3.8) is 0 Å². The van der Waals surface area contributed by atoms with E-state index < -0.39 is 0 Å². The minimum absolute atomic E-state index is 0. The van der Waals surface area contributed by atoms with Gasteiger partial charge in [-0.05, 0) is 0 Å². The van der Waals surface area contributed by atoms with Crippen LogP contribution in [0.3, 0.4) is 0 Å². The summed E-state index contributed by atoms with van der Waals surface area (Å²) in [5.74, 6) is 0. The molecule has 0 aromatic carbocycles. The van der Waals surface area contributed by atoms with Crippen LogP contribution in [0.15, 0.2) is 0 Å². The van der Waals surface area contributed by atoms with Crippen molar-refractivity contribution in [2.45, 2.75) is 0 Å². The van der Waals surface area contributed by atoms with E-state index in [1.807, 2.05) is 0 Å². The van der Waals surface area contributed by atoms with Gasteiger partial charge >= 0.3 is 74.6 Å². The Bertz CT molecular complexity index is 6.49. The molecule has 0 N–H and O–H groups in total. The van der Waals surface area contributed by atoms with Crippen molar-refractivity contribution in [3.05, 3.63) is 0 Å². The fraction of sp³-hybridized carbons (Fsp3) is 0. The van der Waals surface area contributed by atoms with Crippen molar-refractivity contribution in [2.75, 3.05) is 0 Å². The van der Waals surface area contributed by atoms with E-state index in [0.29, 0.717) is 0 Å². The van der Waals surface area contributed by atoms with E-state index in [1.165, 1.54) is 0 Å². The monoisotopic (exact) mass is 805 g/mol. The van der Waals surface area contributed by atoms with Crippen molar-refractivity contribution in [3.8, 4) is 0 Å². The van der Waals surface area contributed by atoms with Gasteiger partial charge in [0.1, 0.15) is 0 Å². The van der Waals surface area contributed by atoms with E-state index in [1.54, 1.807) is 0 Å². The quantitative estimate of drug-likeness (QED) is 0.229. The van der Waals surface area contributed by atoms with Gasteiger partial charge in [0.15, 0.2) is 0 Å². The normalized spacial score (nSPS) is 0. The summed E-state index contributed by atoms with van der Waals surface area (Å²) in [5.41, 5.74) is 0. The molecule has 2 radical (unpaired) electrons. The Morgan fingerprint density at radius 3 is 0.250 bits per heavy atom. The van der Waals surface area contributed by atoms with Crippen molar-refractivity contribution in [2.24, 2.45) is 0 Å². The first kappa shape index (κ1) is 70.9. The van der Waals surface area contributed by atoms with E-state index in [9.17, 15) is 0 Å². The molecule has 8 heavy (non-hydrogen) atoms. The van der Waals surface area contributed by atoms with Gasteiger partial charge in [0, 0.05) is 0 Å². The van der Waals surface area contributed by atoms with E-state index in [-0.39, 0.29) is 176 Å². The molecule has 0 fully saturated rings. The molecule has 0 atom stereocenters. The van der Waals surface area contributed by atoms with Crippen LogP contribution in [0.25, 0.3) is 0 Å². The summed E-state index contributed by atoms with van der Waals surface area (Å²) in [6.45, 7) is 0. The van der Waals surface area contributed by atoms with Crippen molar-refractivity contribution in [1.82, 2.24) is 0 Å². The van der Waals surface area contributed by atoms with Crippen LogP contribution in [0, 0.1) is 74.6 Å². The van der Waals surface area contributed by atoms with E-state index in [2.05, 4.69) is 0 Å². The summed E-state index contributed by atoms with van der Waals surface area (Å²) in [7, 11) is 0. The van der Waals surface area contributed by atoms with Gasteiger partial charge in [-0.15, -0.1) is 0 Å². The van der Waals surface area contributed by atoms with Gasteiger partial charge < -0.3 is 102 Å². The van der Waals surface area contributed by atoms with E-state index >= 15 is 0 Å². The molecule has 0 rings (SSSR count). The summed E-state index contributed by atoms with van der Waals surface area (Å²) in [6.07, 6.45) is 0. The van der Waals surface area contributed by atoms with Gasteiger partial charge in [0.25, 0.3) is 0 Å². The van der Waals surface area contributed by atoms with Crippen LogP contribution < -0.4 is 102 Å². The molecule has 0 aliphatic heterocycles. The topological polar surface area (TPSA) is 0 Å². The predicted octanol–water partition coefficient (Wildman–Crippen LogP) is -18.0. The summed E-state index contributed by atoms with van der Waals surface area (Å²) >= 11 is 0. The SMILES string of the molecule is [Br-].[Br-].[Br-].[Br-].[Br-].[Br-].[Er+3].[Er+3]. The fourth-order valence-electron chi connectivity index (χ4n) is 0. The molecule has 0 aromatic heterocycles. The minimum atomic E-state index is 0. The molecule has 0 aliphatic carbocycles. The van der Waals surface area contributed by atoms with Crippen molar-refractivity contribution < 1.29 is 176 Å². The zero-order valence-electron chi connectivity index (χ0n) is 2.85. The number of hydrogen-bond donors (Lipinski definition) is 0. The van der Waals surface area contributed by atoms with Crippen LogP contribution in [0.5, 0.6) is 0 Å². The van der Waals surface area contributed by atoms with Gasteiger partial charge in [0.05, 0.1) is 0 Å². The van der Waals surface area contributed by atoms with E-state index in [4.69, 9.17) is 0 Å². The summed E-state index contributed by atoms with van der Waals surface area (Å²) in [5, 5.41) is 0. The zero-order chi connectivity index (χ0) is 0. The molecular formula is Br6Er2. The number of rotatable bonds is 0. The smallest absolute Gasteiger partial charge is 1.00 e. The molecule has 8 heteroatoms. The fourth-order valence-corrected chi connectivity index (χ4v) is 0. The minimum Gasteiger partial charge on any atom is -1.00 e. The third kappa shape index (κ3) is 42.4. The first-order chi connectivity index (χ1) is 0. The molecule has 0 bridgehead atoms. The Hall–Kier alpha value is 5.37. The largest absolute Gasteiger partial charge is 3.00 e. The molecule has 0 saturated heterocycles. The second kappa shape index (κ2) is 55.4. The van der Waals surface area contributed by atoms with Crippen LogP contribution in [0.4, 0.5) is 0 Å². The average Bonchev–Trinajstić information content (AvgIpc) is 0. The van der Waals surface area contributed by atoms with Crippen LogP contribution >= 0.6 is 0 Å². The van der Waals surface area contributed by atoms with Gasteiger partial charge in [-0.3, -0.25) is 0 Å². The third-order valence-electron chi connectivity index (χ3n) is 0. The number of halogens is 6. The standard InChI is InChI=1S/6BrH.2Er/h6*1H;;/q;;;;;;2*+3/p-6. The molecule has 0 aromatic rings. The molecule has 0 spiro atoms. The third-order valence-corrected chi connectivity index (χ3v) is 0. The second-order valence-electron chi connectivity index (χ2n) is 0. The second-order valence-corrected chi connectivity index (χ2v) is 0. The summed E-state index contributed by atoms with van der Waals surface area (Å²) in [4.78, 5) is 0. The maximum atomic E-state index is 0. The van der Waals surface area contributed by atoms with Gasteiger partial charge in [-0.2, -0.15) is 0 Å². The Labute approximate surface area is 172 Å². The predicted molar refractivity (Wildman–Crippen MR) is 0 cm³/mol. The molecule has 0 amide bonds. The maximum absolute atomic E-state index is 0. The van der Waals surface area contributed by atoms with Crippen LogP contribution in [0.1, 0.15) is 0 Å². The first-order valence-electron chi connectivity index (χ1n) is 0. The van der Waals surface area contributed by atoms with Crippen LogP contribution in [-0.2, 0) is 0 Å². The molecule has 0 aliphatic rings. The van der Waals surface area contributed by atoms with Gasteiger partial charge in [0.2, 0.25) is 0 Å². The van der Waals surface area contributed by atoms with Crippen molar-refractivity contribution >= 4 is 0 Å². The molecule has 0 heterocycles.